The topological polar surface area (TPSA) is 93.6 Å². The predicted octanol–water partition coefficient (Wildman–Crippen LogP) is 2.39. The number of aromatic nitrogens is 2. The maximum atomic E-state index is 13.1. The minimum atomic E-state index is -0.702. The highest BCUT2D eigenvalue weighted by molar-refractivity contribution is 5.97. The lowest BCUT2D eigenvalue weighted by molar-refractivity contribution is 0.0752. The normalized spacial score (nSPS) is 10.8. The van der Waals surface area contributed by atoms with Crippen molar-refractivity contribution in [2.75, 3.05) is 20.8 Å². The van der Waals surface area contributed by atoms with E-state index in [4.69, 9.17) is 9.47 Å². The number of carbonyl (C=O) groups excluding carboxylic acids is 1. The van der Waals surface area contributed by atoms with E-state index in [1.807, 2.05) is 19.1 Å². The molecule has 0 aliphatic carbocycles. The van der Waals surface area contributed by atoms with Crippen LogP contribution in [0.3, 0.4) is 0 Å². The molecule has 30 heavy (non-hydrogen) atoms. The summed E-state index contributed by atoms with van der Waals surface area (Å²) in [6, 6.07) is 10.5. The van der Waals surface area contributed by atoms with E-state index in [9.17, 15) is 14.4 Å². The van der Waals surface area contributed by atoms with Crippen molar-refractivity contribution >= 4 is 16.9 Å². The highest BCUT2D eigenvalue weighted by atomic mass is 16.5. The molecule has 0 spiro atoms. The zero-order valence-corrected chi connectivity index (χ0v) is 17.5. The van der Waals surface area contributed by atoms with Crippen LogP contribution in [0.15, 0.2) is 46.0 Å². The van der Waals surface area contributed by atoms with Gasteiger partial charge in [-0.25, -0.2) is 0 Å². The Morgan fingerprint density at radius 2 is 1.77 bits per heavy atom. The van der Waals surface area contributed by atoms with Crippen LogP contribution in [0.5, 0.6) is 11.5 Å². The van der Waals surface area contributed by atoms with Crippen LogP contribution in [0.1, 0.15) is 29.8 Å². The largest absolute Gasteiger partial charge is 0.493 e. The van der Waals surface area contributed by atoms with Crippen molar-refractivity contribution in [2.45, 2.75) is 26.9 Å². The van der Waals surface area contributed by atoms with E-state index in [1.165, 1.54) is 4.57 Å². The van der Waals surface area contributed by atoms with Crippen LogP contribution in [-0.4, -0.2) is 41.1 Å². The Morgan fingerprint density at radius 3 is 2.40 bits per heavy atom. The predicted molar refractivity (Wildman–Crippen MR) is 114 cm³/mol. The monoisotopic (exact) mass is 411 g/mol. The number of nitrogens with zero attached hydrogens (tertiary/aromatic N) is 2. The Labute approximate surface area is 173 Å². The fourth-order valence-corrected chi connectivity index (χ4v) is 3.44. The summed E-state index contributed by atoms with van der Waals surface area (Å²) in [5.74, 6) is 1.04. The van der Waals surface area contributed by atoms with Crippen LogP contribution < -0.4 is 20.6 Å². The lowest BCUT2D eigenvalue weighted by atomic mass is 10.1. The van der Waals surface area contributed by atoms with Crippen molar-refractivity contribution in [2.24, 2.45) is 0 Å². The van der Waals surface area contributed by atoms with Gasteiger partial charge < -0.3 is 23.9 Å². The Hall–Kier alpha value is -3.55. The molecule has 1 N–H and O–H groups in total. The summed E-state index contributed by atoms with van der Waals surface area (Å²) in [5, 5.41) is 0. The zero-order valence-electron chi connectivity index (χ0n) is 17.5. The molecule has 0 fully saturated rings. The number of methoxy groups -OCH3 is 2. The van der Waals surface area contributed by atoms with Gasteiger partial charge in [-0.1, -0.05) is 6.07 Å². The smallest absolute Gasteiger partial charge is 0.316 e. The van der Waals surface area contributed by atoms with E-state index in [-0.39, 0.29) is 5.91 Å². The number of amides is 1. The number of hydrogen-bond acceptors (Lipinski definition) is 5. The quantitative estimate of drug-likeness (QED) is 0.603. The number of H-pyrrole nitrogens is 1. The molecule has 1 amide bonds. The molecule has 1 aromatic heterocycles. The molecule has 0 aliphatic heterocycles. The summed E-state index contributed by atoms with van der Waals surface area (Å²) in [5.41, 5.74) is 1.06. The van der Waals surface area contributed by atoms with Gasteiger partial charge in [-0.2, -0.15) is 0 Å². The molecule has 0 saturated carbocycles. The minimum absolute atomic E-state index is 0.177. The molecule has 158 valence electrons. The van der Waals surface area contributed by atoms with Gasteiger partial charge in [0, 0.05) is 25.2 Å². The lowest BCUT2D eigenvalue weighted by Gasteiger charge is -2.22. The first kappa shape index (κ1) is 21.2. The standard InChI is InChI=1S/C22H25N3O5/c1-5-24(13-14-7-10-18(29-3)19(11-14)30-4)21(27)15-8-9-17-16(12-15)23-20(26)22(28)25(17)6-2/h7-12H,5-6,13H2,1-4H3,(H,23,26). The van der Waals surface area contributed by atoms with Crippen LogP contribution in [0.4, 0.5) is 0 Å². The third-order valence-electron chi connectivity index (χ3n) is 5.03. The number of rotatable bonds is 7. The maximum Gasteiger partial charge on any atom is 0.316 e. The minimum Gasteiger partial charge on any atom is -0.493 e. The van der Waals surface area contributed by atoms with E-state index in [2.05, 4.69) is 4.98 Å². The van der Waals surface area contributed by atoms with Gasteiger partial charge in [-0.05, 0) is 49.7 Å². The Kier molecular flexibility index (Phi) is 6.25. The highest BCUT2D eigenvalue weighted by Gasteiger charge is 2.17. The van der Waals surface area contributed by atoms with Crippen LogP contribution in [0.2, 0.25) is 0 Å². The van der Waals surface area contributed by atoms with Gasteiger partial charge in [0.05, 0.1) is 25.3 Å². The molecule has 0 bridgehead atoms. The fraction of sp³-hybridized carbons (Fsp3) is 0.318. The van der Waals surface area contributed by atoms with Crippen molar-refractivity contribution in [3.8, 4) is 11.5 Å². The van der Waals surface area contributed by atoms with Crippen LogP contribution in [0, 0.1) is 0 Å². The fourth-order valence-electron chi connectivity index (χ4n) is 3.44. The first-order valence-electron chi connectivity index (χ1n) is 9.70. The molecular formula is C22H25N3O5. The zero-order chi connectivity index (χ0) is 21.8. The van der Waals surface area contributed by atoms with Crippen molar-refractivity contribution in [1.82, 2.24) is 14.5 Å². The summed E-state index contributed by atoms with van der Waals surface area (Å²) < 4.78 is 12.0. The van der Waals surface area contributed by atoms with Crippen molar-refractivity contribution in [3.05, 3.63) is 68.2 Å². The Balaban J connectivity index is 1.94. The summed E-state index contributed by atoms with van der Waals surface area (Å²) >= 11 is 0. The van der Waals surface area contributed by atoms with Crippen molar-refractivity contribution in [3.63, 3.8) is 0 Å². The lowest BCUT2D eigenvalue weighted by Crippen LogP contribution is -2.36. The number of aromatic amines is 1. The number of aryl methyl sites for hydroxylation is 1. The molecule has 0 radical (unpaired) electrons. The van der Waals surface area contributed by atoms with Crippen LogP contribution >= 0.6 is 0 Å². The number of carbonyl (C=O) groups is 1. The summed E-state index contributed by atoms with van der Waals surface area (Å²) in [6.07, 6.45) is 0. The number of nitrogens with one attached hydrogen (secondary N) is 1. The van der Waals surface area contributed by atoms with Gasteiger partial charge in [-0.3, -0.25) is 14.4 Å². The average Bonchev–Trinajstić information content (AvgIpc) is 2.77. The van der Waals surface area contributed by atoms with Gasteiger partial charge in [-0.15, -0.1) is 0 Å². The van der Waals surface area contributed by atoms with Gasteiger partial charge in [0.25, 0.3) is 5.91 Å². The molecule has 8 heteroatoms. The highest BCUT2D eigenvalue weighted by Crippen LogP contribution is 2.28. The molecule has 0 unspecified atom stereocenters. The molecule has 0 aliphatic rings. The summed E-state index contributed by atoms with van der Waals surface area (Å²) in [7, 11) is 3.14. The number of benzene rings is 2. The molecule has 8 nitrogen and oxygen atoms in total. The average molecular weight is 411 g/mol. The molecule has 3 rings (SSSR count). The number of ether oxygens (including phenoxy) is 2. The third-order valence-corrected chi connectivity index (χ3v) is 5.03. The van der Waals surface area contributed by atoms with E-state index >= 15 is 0 Å². The number of fused-ring (bicyclic) bond motifs is 1. The van der Waals surface area contributed by atoms with Crippen LogP contribution in [-0.2, 0) is 13.1 Å². The maximum absolute atomic E-state index is 13.1. The molecular weight excluding hydrogens is 386 g/mol. The van der Waals surface area contributed by atoms with Crippen LogP contribution in [0.25, 0.3) is 11.0 Å². The van der Waals surface area contributed by atoms with Crippen molar-refractivity contribution in [1.29, 1.82) is 0 Å². The second kappa shape index (κ2) is 8.86. The molecule has 0 atom stereocenters. The molecule has 0 saturated heterocycles. The van der Waals surface area contributed by atoms with E-state index < -0.39 is 11.1 Å². The first-order chi connectivity index (χ1) is 14.4. The van der Waals surface area contributed by atoms with Gasteiger partial charge >= 0.3 is 11.1 Å². The molecule has 1 heterocycles. The summed E-state index contributed by atoms with van der Waals surface area (Å²) in [4.78, 5) is 41.3. The van der Waals surface area contributed by atoms with Gasteiger partial charge in [0.15, 0.2) is 11.5 Å². The molecule has 3 aromatic rings. The summed E-state index contributed by atoms with van der Waals surface area (Å²) in [6.45, 7) is 4.94. The third kappa shape index (κ3) is 3.94. The second-order valence-corrected chi connectivity index (χ2v) is 6.74. The Bertz CT molecular complexity index is 1200. The van der Waals surface area contributed by atoms with Crippen molar-refractivity contribution < 1.29 is 14.3 Å². The van der Waals surface area contributed by atoms with Gasteiger partial charge in [0.1, 0.15) is 0 Å². The van der Waals surface area contributed by atoms with E-state index in [0.29, 0.717) is 47.7 Å². The van der Waals surface area contributed by atoms with Gasteiger partial charge in [0.2, 0.25) is 0 Å². The molecule has 2 aromatic carbocycles. The Morgan fingerprint density at radius 1 is 1.03 bits per heavy atom. The number of hydrogen-bond donors (Lipinski definition) is 1. The first-order valence-corrected chi connectivity index (χ1v) is 9.70. The SMILES string of the molecule is CCN(Cc1ccc(OC)c(OC)c1)C(=O)c1ccc2c(c1)[nH]c(=O)c(=O)n2CC. The van der Waals surface area contributed by atoms with E-state index in [0.717, 1.165) is 5.56 Å². The second-order valence-electron chi connectivity index (χ2n) is 6.74. The van der Waals surface area contributed by atoms with E-state index in [1.54, 1.807) is 50.3 Å².